The van der Waals surface area contributed by atoms with Crippen molar-refractivity contribution in [2.45, 2.75) is 38.6 Å². The second kappa shape index (κ2) is 9.44. The van der Waals surface area contributed by atoms with E-state index in [0.29, 0.717) is 0 Å². The third kappa shape index (κ3) is 5.63. The molecule has 2 atom stereocenters. The first-order chi connectivity index (χ1) is 12.1. The lowest BCUT2D eigenvalue weighted by Crippen LogP contribution is -2.49. The van der Waals surface area contributed by atoms with E-state index >= 15 is 0 Å². The summed E-state index contributed by atoms with van der Waals surface area (Å²) in [7, 11) is -4.11. The minimum absolute atomic E-state index is 0.0120. The molecule has 0 spiro atoms. The molecular weight excluding hydrogens is 362 g/mol. The highest BCUT2D eigenvalue weighted by Crippen LogP contribution is 2.15. The summed E-state index contributed by atoms with van der Waals surface area (Å²) in [5, 5.41) is 0. The van der Waals surface area contributed by atoms with Crippen LogP contribution in [-0.4, -0.2) is 45.4 Å². The average molecular weight is 385 g/mol. The van der Waals surface area contributed by atoms with Gasteiger partial charge >= 0.3 is 11.9 Å². The van der Waals surface area contributed by atoms with Crippen LogP contribution in [-0.2, 0) is 33.9 Å². The Bertz CT molecular complexity index is 756. The Hall–Kier alpha value is -2.26. The van der Waals surface area contributed by atoms with Gasteiger partial charge in [-0.1, -0.05) is 24.6 Å². The maximum absolute atomic E-state index is 12.5. The molecule has 0 fully saturated rings. The Morgan fingerprint density at radius 1 is 1.04 bits per heavy atom. The Kier molecular flexibility index (Phi) is 7.91. The summed E-state index contributed by atoms with van der Waals surface area (Å²) < 4.78 is 36.7. The zero-order valence-corrected chi connectivity index (χ0v) is 16.0. The van der Waals surface area contributed by atoms with Gasteiger partial charge < -0.3 is 9.47 Å². The van der Waals surface area contributed by atoms with Gasteiger partial charge in [-0.15, -0.1) is 0 Å². The number of esters is 2. The predicted octanol–water partition coefficient (Wildman–Crippen LogP) is 0.973. The van der Waals surface area contributed by atoms with E-state index in [1.54, 1.807) is 26.0 Å². The van der Waals surface area contributed by atoms with Gasteiger partial charge in [0.15, 0.2) is 0 Å². The number of aryl methyl sites for hydroxylation is 1. The van der Waals surface area contributed by atoms with E-state index in [1.165, 1.54) is 26.0 Å². The first-order valence-electron chi connectivity index (χ1n) is 8.10. The molecule has 26 heavy (non-hydrogen) atoms. The van der Waals surface area contributed by atoms with Gasteiger partial charge in [0.05, 0.1) is 24.0 Å². The second-order valence-electron chi connectivity index (χ2n) is 5.54. The van der Waals surface area contributed by atoms with Gasteiger partial charge in [0, 0.05) is 0 Å². The molecule has 1 N–H and O–H groups in total. The van der Waals surface area contributed by atoms with E-state index in [9.17, 15) is 22.8 Å². The number of carbonyl (C=O) groups is 3. The highest BCUT2D eigenvalue weighted by Gasteiger charge is 2.38. The van der Waals surface area contributed by atoms with Crippen molar-refractivity contribution in [3.05, 3.63) is 29.8 Å². The lowest BCUT2D eigenvalue weighted by Gasteiger charge is -2.22. The molecule has 9 heteroatoms. The van der Waals surface area contributed by atoms with E-state index < -0.39 is 39.7 Å². The molecular formula is C17H23NO7S. The van der Waals surface area contributed by atoms with Crippen LogP contribution in [0.25, 0.3) is 0 Å². The summed E-state index contributed by atoms with van der Waals surface area (Å²) in [5.41, 5.74) is 0.858. The van der Waals surface area contributed by atoms with Crippen LogP contribution in [0.2, 0.25) is 0 Å². The molecule has 1 rings (SSSR count). The summed E-state index contributed by atoms with van der Waals surface area (Å²) in [4.78, 5) is 35.9. The van der Waals surface area contributed by atoms with Gasteiger partial charge in [0.25, 0.3) is 0 Å². The van der Waals surface area contributed by atoms with E-state index in [2.05, 4.69) is 9.46 Å². The van der Waals surface area contributed by atoms with E-state index in [0.717, 1.165) is 5.56 Å². The van der Waals surface area contributed by atoms with E-state index in [1.807, 2.05) is 0 Å². The Morgan fingerprint density at radius 2 is 1.58 bits per heavy atom. The molecule has 1 aromatic rings. The molecule has 0 aliphatic heterocycles. The molecule has 0 saturated carbocycles. The number of nitrogens with one attached hydrogen (secondary N) is 1. The molecule has 0 heterocycles. The Labute approximate surface area is 152 Å². The molecule has 144 valence electrons. The topological polar surface area (TPSA) is 116 Å². The van der Waals surface area contributed by atoms with Crippen molar-refractivity contribution >= 4 is 27.7 Å². The zero-order valence-electron chi connectivity index (χ0n) is 15.1. The minimum atomic E-state index is -4.11. The van der Waals surface area contributed by atoms with Crippen molar-refractivity contribution in [2.75, 3.05) is 13.2 Å². The van der Waals surface area contributed by atoms with E-state index in [-0.39, 0.29) is 18.1 Å². The molecule has 1 aromatic carbocycles. The Morgan fingerprint density at radius 3 is 2.08 bits per heavy atom. The van der Waals surface area contributed by atoms with Gasteiger partial charge in [-0.3, -0.25) is 9.59 Å². The number of hydrogen-bond acceptors (Lipinski definition) is 7. The largest absolute Gasteiger partial charge is 0.465 e. The second-order valence-corrected chi connectivity index (χ2v) is 7.25. The molecule has 0 amide bonds. The number of rotatable bonds is 9. The van der Waals surface area contributed by atoms with Crippen LogP contribution in [0.5, 0.6) is 0 Å². The summed E-state index contributed by atoms with van der Waals surface area (Å²) in [5.74, 6) is -4.40. The molecule has 0 unspecified atom stereocenters. The fourth-order valence-corrected chi connectivity index (χ4v) is 3.34. The molecule has 0 aromatic heterocycles. The zero-order chi connectivity index (χ0) is 19.9. The van der Waals surface area contributed by atoms with Crippen LogP contribution in [0, 0.1) is 12.8 Å². The molecule has 0 saturated heterocycles. The standard InChI is InChI=1S/C17H23NO7S/c1-5-24-16(20)14(12(4)15(19)17(21)25-6-2)18-26(22,23)13-9-7-11(3)8-10-13/h7-10,12,14,18H,5-6H2,1-4H3/t12-,14-/m1/s1. The minimum Gasteiger partial charge on any atom is -0.465 e. The maximum atomic E-state index is 12.5. The highest BCUT2D eigenvalue weighted by molar-refractivity contribution is 7.89. The van der Waals surface area contributed by atoms with Crippen LogP contribution in [0.1, 0.15) is 26.3 Å². The molecule has 8 nitrogen and oxygen atoms in total. The quantitative estimate of drug-likeness (QED) is 0.497. The number of ether oxygens (including phenoxy) is 2. The van der Waals surface area contributed by atoms with Crippen LogP contribution in [0.3, 0.4) is 0 Å². The molecule has 0 radical (unpaired) electrons. The lowest BCUT2D eigenvalue weighted by molar-refractivity contribution is -0.157. The number of Topliss-reactive ketones (excluding diaryl/α,β-unsaturated/α-hetero) is 1. The van der Waals surface area contributed by atoms with Crippen molar-refractivity contribution < 1.29 is 32.3 Å². The van der Waals surface area contributed by atoms with Gasteiger partial charge in [-0.25, -0.2) is 13.2 Å². The van der Waals surface area contributed by atoms with Gasteiger partial charge in [-0.2, -0.15) is 4.72 Å². The molecule has 0 bridgehead atoms. The highest BCUT2D eigenvalue weighted by atomic mass is 32.2. The normalized spacial score (nSPS) is 13.5. The number of benzene rings is 1. The Balaban J connectivity index is 3.13. The van der Waals surface area contributed by atoms with Crippen LogP contribution < -0.4 is 4.72 Å². The number of carbonyl (C=O) groups excluding carboxylic acids is 3. The average Bonchev–Trinajstić information content (AvgIpc) is 2.59. The summed E-state index contributed by atoms with van der Waals surface area (Å²) >= 11 is 0. The van der Waals surface area contributed by atoms with Crippen LogP contribution in [0.4, 0.5) is 0 Å². The smallest absolute Gasteiger partial charge is 0.374 e. The van der Waals surface area contributed by atoms with E-state index in [4.69, 9.17) is 4.74 Å². The third-order valence-corrected chi connectivity index (χ3v) is 5.00. The van der Waals surface area contributed by atoms with Crippen molar-refractivity contribution in [1.29, 1.82) is 0 Å². The number of sulfonamides is 1. The molecule has 0 aliphatic rings. The van der Waals surface area contributed by atoms with Crippen LogP contribution in [0.15, 0.2) is 29.2 Å². The summed E-state index contributed by atoms with van der Waals surface area (Å²) in [6.45, 7) is 6.10. The van der Waals surface area contributed by atoms with Gasteiger partial charge in [0.2, 0.25) is 15.8 Å². The third-order valence-electron chi connectivity index (χ3n) is 3.54. The van der Waals surface area contributed by atoms with Crippen molar-refractivity contribution in [1.82, 2.24) is 4.72 Å². The first kappa shape index (κ1) is 21.8. The summed E-state index contributed by atoms with van der Waals surface area (Å²) in [6.07, 6.45) is 0. The SMILES string of the molecule is CCOC(=O)C(=O)[C@H](C)[C@@H](NS(=O)(=O)c1ccc(C)cc1)C(=O)OCC. The number of hydrogen-bond donors (Lipinski definition) is 1. The number of ketones is 1. The van der Waals surface area contributed by atoms with Gasteiger partial charge in [-0.05, 0) is 32.9 Å². The first-order valence-corrected chi connectivity index (χ1v) is 9.59. The lowest BCUT2D eigenvalue weighted by atomic mass is 9.98. The maximum Gasteiger partial charge on any atom is 0.374 e. The fourth-order valence-electron chi connectivity index (χ4n) is 2.08. The molecule has 0 aliphatic carbocycles. The van der Waals surface area contributed by atoms with Gasteiger partial charge in [0.1, 0.15) is 6.04 Å². The summed E-state index contributed by atoms with van der Waals surface area (Å²) in [6, 6.07) is 4.38. The van der Waals surface area contributed by atoms with Crippen molar-refractivity contribution in [3.8, 4) is 0 Å². The van der Waals surface area contributed by atoms with Crippen molar-refractivity contribution in [3.63, 3.8) is 0 Å². The fraction of sp³-hybridized carbons (Fsp3) is 0.471. The monoisotopic (exact) mass is 385 g/mol. The predicted molar refractivity (Wildman–Crippen MR) is 92.7 cm³/mol. The van der Waals surface area contributed by atoms with Crippen molar-refractivity contribution in [2.24, 2.45) is 5.92 Å². The van der Waals surface area contributed by atoms with Crippen LogP contribution >= 0.6 is 0 Å².